The molecule has 0 aliphatic carbocycles. The molecule has 0 aliphatic rings. The van der Waals surface area contributed by atoms with E-state index in [9.17, 15) is 4.79 Å². The van der Waals surface area contributed by atoms with Crippen LogP contribution < -0.4 is 0 Å². The van der Waals surface area contributed by atoms with Gasteiger partial charge in [-0.05, 0) is 54.1 Å². The molecular weight excluding hydrogens is 277 g/mol. The van der Waals surface area contributed by atoms with E-state index < -0.39 is 0 Å². The van der Waals surface area contributed by atoms with Crippen LogP contribution in [0.3, 0.4) is 0 Å². The van der Waals surface area contributed by atoms with E-state index in [1.165, 1.54) is 6.92 Å². The minimum atomic E-state index is -0.0547. The van der Waals surface area contributed by atoms with Crippen LogP contribution in [0.25, 0.3) is 0 Å². The van der Waals surface area contributed by atoms with Crippen LogP contribution in [0.4, 0.5) is 0 Å². The molecule has 2 nitrogen and oxygen atoms in total. The molecule has 0 bridgehead atoms. The second kappa shape index (κ2) is 3.88. The van der Waals surface area contributed by atoms with E-state index in [1.807, 2.05) is 19.1 Å². The number of nitriles is 1. The van der Waals surface area contributed by atoms with Crippen molar-refractivity contribution >= 4 is 28.4 Å². The number of ketones is 1. The third kappa shape index (κ3) is 2.07. The largest absolute Gasteiger partial charge is 0.294 e. The summed E-state index contributed by atoms with van der Waals surface area (Å²) in [4.78, 5) is 11.2. The molecule has 13 heavy (non-hydrogen) atoms. The Morgan fingerprint density at radius 1 is 1.54 bits per heavy atom. The molecular formula is C10H8INO. The van der Waals surface area contributed by atoms with Crippen molar-refractivity contribution in [3.8, 4) is 6.07 Å². The molecule has 0 amide bonds. The van der Waals surface area contributed by atoms with Gasteiger partial charge in [0.1, 0.15) is 0 Å². The molecule has 0 saturated carbocycles. The Morgan fingerprint density at radius 2 is 2.15 bits per heavy atom. The van der Waals surface area contributed by atoms with Crippen LogP contribution in [-0.4, -0.2) is 5.78 Å². The van der Waals surface area contributed by atoms with Crippen LogP contribution in [0.5, 0.6) is 0 Å². The summed E-state index contributed by atoms with van der Waals surface area (Å²) in [6, 6.07) is 5.67. The van der Waals surface area contributed by atoms with Crippen molar-refractivity contribution in [1.82, 2.24) is 0 Å². The van der Waals surface area contributed by atoms with Crippen molar-refractivity contribution in [1.29, 1.82) is 5.26 Å². The first-order valence-electron chi connectivity index (χ1n) is 3.77. The van der Waals surface area contributed by atoms with Crippen molar-refractivity contribution in [3.63, 3.8) is 0 Å². The van der Waals surface area contributed by atoms with Crippen LogP contribution in [0.15, 0.2) is 12.1 Å². The highest BCUT2D eigenvalue weighted by Crippen LogP contribution is 2.19. The fourth-order valence-electron chi connectivity index (χ4n) is 1.19. The molecule has 0 unspecified atom stereocenters. The molecule has 0 atom stereocenters. The Hall–Kier alpha value is -0.890. The molecule has 0 aromatic heterocycles. The van der Waals surface area contributed by atoms with Crippen LogP contribution >= 0.6 is 22.6 Å². The van der Waals surface area contributed by atoms with Gasteiger partial charge in [-0.1, -0.05) is 0 Å². The Bertz CT molecular complexity index is 404. The van der Waals surface area contributed by atoms with Gasteiger partial charge in [-0.25, -0.2) is 0 Å². The number of halogens is 1. The molecule has 1 rings (SSSR count). The Kier molecular flexibility index (Phi) is 3.04. The van der Waals surface area contributed by atoms with E-state index in [1.54, 1.807) is 6.07 Å². The van der Waals surface area contributed by atoms with Crippen LogP contribution in [0.1, 0.15) is 28.4 Å². The lowest BCUT2D eigenvalue weighted by atomic mass is 10.0. The van der Waals surface area contributed by atoms with E-state index in [0.717, 1.165) is 9.13 Å². The SMILES string of the molecule is CC(=O)c1c(I)cc(C)cc1C#N. The zero-order chi connectivity index (χ0) is 10.0. The summed E-state index contributed by atoms with van der Waals surface area (Å²) in [5.41, 5.74) is 2.01. The predicted molar refractivity (Wildman–Crippen MR) is 58.6 cm³/mol. The summed E-state index contributed by atoms with van der Waals surface area (Å²) in [7, 11) is 0. The third-order valence-electron chi connectivity index (χ3n) is 1.71. The number of aryl methyl sites for hydroxylation is 1. The van der Waals surface area contributed by atoms with Gasteiger partial charge in [0.25, 0.3) is 0 Å². The van der Waals surface area contributed by atoms with Gasteiger partial charge in [-0.2, -0.15) is 5.26 Å². The maximum atomic E-state index is 11.2. The molecule has 0 N–H and O–H groups in total. The molecule has 0 aliphatic heterocycles. The van der Waals surface area contributed by atoms with Crippen LogP contribution in [0, 0.1) is 21.8 Å². The van der Waals surface area contributed by atoms with E-state index in [4.69, 9.17) is 5.26 Å². The van der Waals surface area contributed by atoms with Crippen molar-refractivity contribution < 1.29 is 4.79 Å². The standard InChI is InChI=1S/C10H8INO/c1-6-3-8(5-12)10(7(2)13)9(11)4-6/h3-4H,1-2H3. The normalized spacial score (nSPS) is 9.38. The van der Waals surface area contributed by atoms with Gasteiger partial charge in [0.2, 0.25) is 0 Å². The fraction of sp³-hybridized carbons (Fsp3) is 0.200. The zero-order valence-electron chi connectivity index (χ0n) is 7.39. The van der Waals surface area contributed by atoms with E-state index >= 15 is 0 Å². The topological polar surface area (TPSA) is 40.9 Å². The number of hydrogen-bond acceptors (Lipinski definition) is 2. The number of hydrogen-bond donors (Lipinski definition) is 0. The summed E-state index contributed by atoms with van der Waals surface area (Å²) in [6.07, 6.45) is 0. The lowest BCUT2D eigenvalue weighted by Crippen LogP contribution is -2.01. The smallest absolute Gasteiger partial charge is 0.162 e. The fourth-order valence-corrected chi connectivity index (χ4v) is 2.35. The van der Waals surface area contributed by atoms with Crippen molar-refractivity contribution in [2.75, 3.05) is 0 Å². The molecule has 0 fully saturated rings. The number of carbonyl (C=O) groups is 1. The molecule has 0 saturated heterocycles. The number of Topliss-reactive ketones (excluding diaryl/α,β-unsaturated/α-hetero) is 1. The van der Waals surface area contributed by atoms with Gasteiger partial charge in [0.05, 0.1) is 11.6 Å². The van der Waals surface area contributed by atoms with Gasteiger partial charge in [0.15, 0.2) is 5.78 Å². The highest BCUT2D eigenvalue weighted by Gasteiger charge is 2.11. The van der Waals surface area contributed by atoms with Gasteiger partial charge >= 0.3 is 0 Å². The molecule has 0 heterocycles. The molecule has 1 aromatic carbocycles. The Balaban J connectivity index is 3.50. The van der Waals surface area contributed by atoms with E-state index in [2.05, 4.69) is 22.6 Å². The van der Waals surface area contributed by atoms with Crippen LogP contribution in [-0.2, 0) is 0 Å². The highest BCUT2D eigenvalue weighted by molar-refractivity contribution is 14.1. The minimum Gasteiger partial charge on any atom is -0.294 e. The Labute approximate surface area is 90.7 Å². The number of carbonyl (C=O) groups excluding carboxylic acids is 1. The van der Waals surface area contributed by atoms with Crippen molar-refractivity contribution in [2.24, 2.45) is 0 Å². The summed E-state index contributed by atoms with van der Waals surface area (Å²) < 4.78 is 0.849. The molecule has 1 aromatic rings. The molecule has 3 heteroatoms. The first-order valence-corrected chi connectivity index (χ1v) is 4.85. The minimum absolute atomic E-state index is 0.0547. The van der Waals surface area contributed by atoms with Crippen molar-refractivity contribution in [3.05, 3.63) is 32.4 Å². The lowest BCUT2D eigenvalue weighted by molar-refractivity contribution is 0.101. The lowest BCUT2D eigenvalue weighted by Gasteiger charge is -2.03. The van der Waals surface area contributed by atoms with Gasteiger partial charge in [-0.15, -0.1) is 0 Å². The maximum absolute atomic E-state index is 11.2. The number of benzene rings is 1. The van der Waals surface area contributed by atoms with Crippen LogP contribution in [0.2, 0.25) is 0 Å². The van der Waals surface area contributed by atoms with Gasteiger partial charge < -0.3 is 0 Å². The maximum Gasteiger partial charge on any atom is 0.162 e. The quantitative estimate of drug-likeness (QED) is 0.588. The summed E-state index contributed by atoms with van der Waals surface area (Å²) in [5, 5.41) is 8.81. The van der Waals surface area contributed by atoms with Crippen molar-refractivity contribution in [2.45, 2.75) is 13.8 Å². The first-order chi connectivity index (χ1) is 6.06. The summed E-state index contributed by atoms with van der Waals surface area (Å²) in [6.45, 7) is 3.39. The highest BCUT2D eigenvalue weighted by atomic mass is 127. The third-order valence-corrected chi connectivity index (χ3v) is 2.56. The molecule has 0 spiro atoms. The second-order valence-corrected chi connectivity index (χ2v) is 4.00. The average Bonchev–Trinajstić information content (AvgIpc) is 2.01. The second-order valence-electron chi connectivity index (χ2n) is 2.84. The summed E-state index contributed by atoms with van der Waals surface area (Å²) >= 11 is 2.08. The van der Waals surface area contributed by atoms with Gasteiger partial charge in [0, 0.05) is 9.13 Å². The Morgan fingerprint density at radius 3 is 2.62 bits per heavy atom. The summed E-state index contributed by atoms with van der Waals surface area (Å²) in [5.74, 6) is -0.0547. The monoisotopic (exact) mass is 285 g/mol. The zero-order valence-corrected chi connectivity index (χ0v) is 9.55. The number of rotatable bonds is 1. The van der Waals surface area contributed by atoms with E-state index in [-0.39, 0.29) is 5.78 Å². The molecule has 0 radical (unpaired) electrons. The number of nitrogens with zero attached hydrogens (tertiary/aromatic N) is 1. The predicted octanol–water partition coefficient (Wildman–Crippen LogP) is 2.67. The first kappa shape index (κ1) is 10.2. The van der Waals surface area contributed by atoms with Gasteiger partial charge in [-0.3, -0.25) is 4.79 Å². The molecule has 66 valence electrons. The van der Waals surface area contributed by atoms with E-state index in [0.29, 0.717) is 11.1 Å². The average molecular weight is 285 g/mol.